The summed E-state index contributed by atoms with van der Waals surface area (Å²) in [4.78, 5) is 0. The Labute approximate surface area is 103 Å². The fourth-order valence-electron chi connectivity index (χ4n) is 1.35. The molecule has 0 saturated heterocycles. The summed E-state index contributed by atoms with van der Waals surface area (Å²) in [6.07, 6.45) is 2.05. The maximum atomic E-state index is 9.22. The van der Waals surface area contributed by atoms with E-state index in [1.807, 2.05) is 25.3 Å². The fourth-order valence-corrected chi connectivity index (χ4v) is 2.22. The van der Waals surface area contributed by atoms with Crippen LogP contribution < -0.4 is 4.74 Å². The highest BCUT2D eigenvalue weighted by atomic mass is 79.9. The summed E-state index contributed by atoms with van der Waals surface area (Å²) < 4.78 is 6.63. The van der Waals surface area contributed by atoms with Crippen molar-refractivity contribution < 1.29 is 9.84 Å². The van der Waals surface area contributed by atoms with Gasteiger partial charge in [0.15, 0.2) is 0 Å². The molecule has 0 radical (unpaired) electrons. The van der Waals surface area contributed by atoms with Gasteiger partial charge in [0.1, 0.15) is 5.75 Å². The quantitative estimate of drug-likeness (QED) is 0.846. The van der Waals surface area contributed by atoms with Crippen molar-refractivity contribution in [3.63, 3.8) is 0 Å². The molecule has 0 heterocycles. The number of hydrogen-bond donors (Lipinski definition) is 1. The van der Waals surface area contributed by atoms with Crippen molar-refractivity contribution in [2.45, 2.75) is 13.5 Å². The van der Waals surface area contributed by atoms with Gasteiger partial charge in [0, 0.05) is 15.8 Å². The third kappa shape index (κ3) is 3.70. The summed E-state index contributed by atoms with van der Waals surface area (Å²) >= 11 is 5.15. The number of aliphatic hydroxyl groups excluding tert-OH is 1. The molecule has 1 aromatic carbocycles. The van der Waals surface area contributed by atoms with Gasteiger partial charge >= 0.3 is 0 Å². The highest BCUT2D eigenvalue weighted by Crippen LogP contribution is 2.28. The number of rotatable bonds is 5. The molecule has 1 aromatic rings. The van der Waals surface area contributed by atoms with E-state index in [2.05, 4.69) is 15.9 Å². The minimum absolute atomic E-state index is 0.00881. The molecule has 0 unspecified atom stereocenters. The molecular weight excluding hydrogens is 276 g/mol. The van der Waals surface area contributed by atoms with Gasteiger partial charge in [-0.1, -0.05) is 15.9 Å². The van der Waals surface area contributed by atoms with Crippen LogP contribution in [0.4, 0.5) is 0 Å². The Hall–Kier alpha value is -0.190. The topological polar surface area (TPSA) is 29.5 Å². The first-order valence-electron chi connectivity index (χ1n) is 4.70. The van der Waals surface area contributed by atoms with Gasteiger partial charge in [-0.3, -0.25) is 0 Å². The molecule has 0 atom stereocenters. The van der Waals surface area contributed by atoms with Crippen LogP contribution in [0.1, 0.15) is 11.1 Å². The molecule has 0 aliphatic rings. The Morgan fingerprint density at radius 3 is 2.80 bits per heavy atom. The van der Waals surface area contributed by atoms with Gasteiger partial charge in [0.2, 0.25) is 0 Å². The van der Waals surface area contributed by atoms with E-state index in [0.717, 1.165) is 27.1 Å². The van der Waals surface area contributed by atoms with Gasteiger partial charge in [-0.15, -0.1) is 0 Å². The van der Waals surface area contributed by atoms with Crippen molar-refractivity contribution in [3.8, 4) is 5.75 Å². The Balaban J connectivity index is 2.84. The first-order valence-corrected chi connectivity index (χ1v) is 6.89. The molecule has 84 valence electrons. The largest absolute Gasteiger partial charge is 0.492 e. The van der Waals surface area contributed by atoms with Crippen LogP contribution in [0.2, 0.25) is 0 Å². The maximum Gasteiger partial charge on any atom is 0.127 e. The van der Waals surface area contributed by atoms with Crippen molar-refractivity contribution in [1.29, 1.82) is 0 Å². The first kappa shape index (κ1) is 12.9. The average Bonchev–Trinajstić information content (AvgIpc) is 2.20. The van der Waals surface area contributed by atoms with E-state index in [-0.39, 0.29) is 6.61 Å². The highest BCUT2D eigenvalue weighted by molar-refractivity contribution is 9.10. The predicted octanol–water partition coefficient (Wildman–Crippen LogP) is 2.99. The van der Waals surface area contributed by atoms with Crippen LogP contribution in [0.5, 0.6) is 5.75 Å². The molecule has 0 aliphatic carbocycles. The van der Waals surface area contributed by atoms with E-state index in [1.54, 1.807) is 11.8 Å². The molecule has 0 aromatic heterocycles. The zero-order chi connectivity index (χ0) is 11.3. The molecule has 0 saturated carbocycles. The van der Waals surface area contributed by atoms with E-state index in [1.165, 1.54) is 0 Å². The predicted molar refractivity (Wildman–Crippen MR) is 68.7 cm³/mol. The van der Waals surface area contributed by atoms with Gasteiger partial charge in [0.05, 0.1) is 13.2 Å². The number of aliphatic hydroxyl groups is 1. The number of hydrogen-bond acceptors (Lipinski definition) is 3. The molecule has 2 nitrogen and oxygen atoms in total. The third-order valence-corrected chi connectivity index (χ3v) is 3.05. The molecule has 1 rings (SSSR count). The zero-order valence-corrected chi connectivity index (χ0v) is 11.3. The summed E-state index contributed by atoms with van der Waals surface area (Å²) in [6.45, 7) is 2.67. The second kappa shape index (κ2) is 6.40. The van der Waals surface area contributed by atoms with Crippen LogP contribution in [0.15, 0.2) is 16.6 Å². The first-order chi connectivity index (χ1) is 7.19. The van der Waals surface area contributed by atoms with Crippen molar-refractivity contribution >= 4 is 27.7 Å². The smallest absolute Gasteiger partial charge is 0.127 e. The summed E-state index contributed by atoms with van der Waals surface area (Å²) in [6, 6.07) is 3.88. The minimum atomic E-state index is 0.00881. The SMILES string of the molecule is CSCCOc1c(C)cc(Br)cc1CO. The Bertz CT molecular complexity index is 329. The number of halogens is 1. The fraction of sp³-hybridized carbons (Fsp3) is 0.455. The van der Waals surface area contributed by atoms with Crippen LogP contribution in [-0.4, -0.2) is 23.7 Å². The van der Waals surface area contributed by atoms with E-state index >= 15 is 0 Å². The maximum absolute atomic E-state index is 9.22. The normalized spacial score (nSPS) is 10.4. The van der Waals surface area contributed by atoms with Crippen molar-refractivity contribution in [3.05, 3.63) is 27.7 Å². The third-order valence-electron chi connectivity index (χ3n) is 2.02. The number of thioether (sulfide) groups is 1. The molecular formula is C11H15BrO2S. The molecule has 0 aliphatic heterocycles. The van der Waals surface area contributed by atoms with E-state index in [9.17, 15) is 5.11 Å². The lowest BCUT2D eigenvalue weighted by Gasteiger charge is -2.13. The monoisotopic (exact) mass is 290 g/mol. The molecule has 1 N–H and O–H groups in total. The summed E-state index contributed by atoms with van der Waals surface area (Å²) in [5.41, 5.74) is 1.89. The summed E-state index contributed by atoms with van der Waals surface area (Å²) in [5.74, 6) is 1.77. The van der Waals surface area contributed by atoms with E-state index < -0.39 is 0 Å². The molecule has 0 fully saturated rings. The van der Waals surface area contributed by atoms with Crippen LogP contribution in [0.3, 0.4) is 0 Å². The molecule has 0 amide bonds. The lowest BCUT2D eigenvalue weighted by atomic mass is 10.1. The van der Waals surface area contributed by atoms with Crippen LogP contribution in [-0.2, 0) is 6.61 Å². The lowest BCUT2D eigenvalue weighted by Crippen LogP contribution is -2.04. The molecule has 0 spiro atoms. The second-order valence-electron chi connectivity index (χ2n) is 3.21. The standard InChI is InChI=1S/C11H15BrO2S/c1-8-5-10(12)6-9(7-13)11(8)14-3-4-15-2/h5-6,13H,3-4,7H2,1-2H3. The molecule has 4 heteroatoms. The highest BCUT2D eigenvalue weighted by Gasteiger charge is 2.07. The summed E-state index contributed by atoms with van der Waals surface area (Å²) in [7, 11) is 0. The van der Waals surface area contributed by atoms with Crippen LogP contribution in [0, 0.1) is 6.92 Å². The van der Waals surface area contributed by atoms with Crippen LogP contribution in [0.25, 0.3) is 0 Å². The van der Waals surface area contributed by atoms with E-state index in [4.69, 9.17) is 4.74 Å². The number of benzene rings is 1. The van der Waals surface area contributed by atoms with Gasteiger partial charge in [-0.25, -0.2) is 0 Å². The Morgan fingerprint density at radius 1 is 1.47 bits per heavy atom. The van der Waals surface area contributed by atoms with Crippen molar-refractivity contribution in [2.24, 2.45) is 0 Å². The van der Waals surface area contributed by atoms with Gasteiger partial charge in [-0.05, 0) is 30.9 Å². The van der Waals surface area contributed by atoms with Gasteiger partial charge in [-0.2, -0.15) is 11.8 Å². The van der Waals surface area contributed by atoms with Crippen LogP contribution >= 0.6 is 27.7 Å². The van der Waals surface area contributed by atoms with Gasteiger partial charge in [0.25, 0.3) is 0 Å². The number of ether oxygens (including phenoxy) is 1. The second-order valence-corrected chi connectivity index (χ2v) is 5.11. The Kier molecular flexibility index (Phi) is 5.50. The van der Waals surface area contributed by atoms with Gasteiger partial charge < -0.3 is 9.84 Å². The number of aryl methyl sites for hydroxylation is 1. The minimum Gasteiger partial charge on any atom is -0.492 e. The van der Waals surface area contributed by atoms with Crippen molar-refractivity contribution in [1.82, 2.24) is 0 Å². The van der Waals surface area contributed by atoms with E-state index in [0.29, 0.717) is 6.61 Å². The van der Waals surface area contributed by atoms with Crippen molar-refractivity contribution in [2.75, 3.05) is 18.6 Å². The average molecular weight is 291 g/mol. The zero-order valence-electron chi connectivity index (χ0n) is 8.92. The summed E-state index contributed by atoms with van der Waals surface area (Å²) in [5, 5.41) is 9.22. The molecule has 0 bridgehead atoms. The lowest BCUT2D eigenvalue weighted by molar-refractivity contribution is 0.267. The molecule has 15 heavy (non-hydrogen) atoms. The Morgan fingerprint density at radius 2 is 2.20 bits per heavy atom.